The van der Waals surface area contributed by atoms with Crippen molar-refractivity contribution >= 4 is 5.78 Å². The van der Waals surface area contributed by atoms with E-state index in [4.69, 9.17) is 9.47 Å². The second-order valence-corrected chi connectivity index (χ2v) is 5.55. The summed E-state index contributed by atoms with van der Waals surface area (Å²) in [5.41, 5.74) is 2.11. The summed E-state index contributed by atoms with van der Waals surface area (Å²) in [5.74, 6) is 1.34. The molecule has 0 saturated carbocycles. The van der Waals surface area contributed by atoms with Gasteiger partial charge in [0.1, 0.15) is 11.5 Å². The third kappa shape index (κ3) is 3.95. The minimum Gasteiger partial charge on any atom is -0.496 e. The Kier molecular flexibility index (Phi) is 6.27. The molecule has 2 rings (SSSR count). The van der Waals surface area contributed by atoms with E-state index in [0.717, 1.165) is 30.6 Å². The fourth-order valence-corrected chi connectivity index (χ4v) is 2.79. The average molecular weight is 315 g/mol. The van der Waals surface area contributed by atoms with Crippen molar-refractivity contribution in [3.8, 4) is 11.5 Å². The van der Waals surface area contributed by atoms with Crippen LogP contribution in [0, 0.1) is 0 Å². The van der Waals surface area contributed by atoms with E-state index in [9.17, 15) is 4.79 Å². The summed E-state index contributed by atoms with van der Waals surface area (Å²) in [6, 6.07) is 7.21. The number of carbonyl (C=O) groups excluding carboxylic acids is 1. The van der Waals surface area contributed by atoms with Gasteiger partial charge in [0.25, 0.3) is 0 Å². The van der Waals surface area contributed by atoms with Gasteiger partial charge in [0.2, 0.25) is 5.78 Å². The largest absolute Gasteiger partial charge is 0.496 e. The van der Waals surface area contributed by atoms with E-state index in [2.05, 4.69) is 11.9 Å². The van der Waals surface area contributed by atoms with Crippen LogP contribution in [0.1, 0.15) is 54.2 Å². The normalized spacial score (nSPS) is 10.6. The summed E-state index contributed by atoms with van der Waals surface area (Å²) >= 11 is 0. The number of carbonyl (C=O) groups is 1. The average Bonchev–Trinajstić information content (AvgIpc) is 3.11. The number of methoxy groups -OCH3 is 2. The highest BCUT2D eigenvalue weighted by atomic mass is 16.5. The van der Waals surface area contributed by atoms with E-state index in [-0.39, 0.29) is 5.78 Å². The van der Waals surface area contributed by atoms with E-state index in [0.29, 0.717) is 17.0 Å². The van der Waals surface area contributed by atoms with E-state index in [1.807, 2.05) is 12.1 Å². The van der Waals surface area contributed by atoms with Gasteiger partial charge in [-0.3, -0.25) is 4.79 Å². The SMILES string of the molecule is CCCCCCc1c(OC)ccc(C(=O)c2ccc[nH]2)c1OC. The lowest BCUT2D eigenvalue weighted by atomic mass is 9.98. The Labute approximate surface area is 137 Å². The zero-order valence-corrected chi connectivity index (χ0v) is 14.1. The Morgan fingerprint density at radius 3 is 2.52 bits per heavy atom. The summed E-state index contributed by atoms with van der Waals surface area (Å²) in [6.45, 7) is 2.19. The third-order valence-electron chi connectivity index (χ3n) is 4.01. The van der Waals surface area contributed by atoms with Crippen LogP contribution in [0.5, 0.6) is 11.5 Å². The highest BCUT2D eigenvalue weighted by molar-refractivity contribution is 6.10. The molecule has 0 fully saturated rings. The number of aromatic amines is 1. The van der Waals surface area contributed by atoms with Gasteiger partial charge in [-0.25, -0.2) is 0 Å². The minimum atomic E-state index is -0.0655. The molecule has 1 aromatic carbocycles. The van der Waals surface area contributed by atoms with Crippen molar-refractivity contribution in [2.45, 2.75) is 39.0 Å². The van der Waals surface area contributed by atoms with Crippen molar-refractivity contribution in [1.82, 2.24) is 4.98 Å². The molecule has 0 amide bonds. The van der Waals surface area contributed by atoms with Gasteiger partial charge in [-0.2, -0.15) is 0 Å². The van der Waals surface area contributed by atoms with Crippen molar-refractivity contribution in [2.24, 2.45) is 0 Å². The summed E-state index contributed by atoms with van der Waals surface area (Å²) in [4.78, 5) is 15.6. The molecule has 0 spiro atoms. The second-order valence-electron chi connectivity index (χ2n) is 5.55. The molecule has 0 aliphatic rings. The number of nitrogens with one attached hydrogen (secondary N) is 1. The quantitative estimate of drug-likeness (QED) is 0.551. The molecule has 0 aliphatic carbocycles. The first kappa shape index (κ1) is 17.1. The molecule has 1 aromatic heterocycles. The van der Waals surface area contributed by atoms with Gasteiger partial charge in [-0.05, 0) is 37.1 Å². The summed E-state index contributed by atoms with van der Waals surface area (Å²) in [7, 11) is 3.26. The maximum Gasteiger partial charge on any atom is 0.212 e. The topological polar surface area (TPSA) is 51.3 Å². The monoisotopic (exact) mass is 315 g/mol. The van der Waals surface area contributed by atoms with Crippen LogP contribution < -0.4 is 9.47 Å². The van der Waals surface area contributed by atoms with Crippen molar-refractivity contribution in [3.63, 3.8) is 0 Å². The zero-order valence-electron chi connectivity index (χ0n) is 14.1. The molecule has 0 aliphatic heterocycles. The van der Waals surface area contributed by atoms with Gasteiger partial charge in [0, 0.05) is 11.8 Å². The Morgan fingerprint density at radius 1 is 1.09 bits per heavy atom. The van der Waals surface area contributed by atoms with Crippen molar-refractivity contribution < 1.29 is 14.3 Å². The van der Waals surface area contributed by atoms with Crippen molar-refractivity contribution in [3.05, 3.63) is 47.3 Å². The number of benzene rings is 1. The molecule has 0 saturated heterocycles. The fourth-order valence-electron chi connectivity index (χ4n) is 2.79. The van der Waals surface area contributed by atoms with Crippen LogP contribution in [0.3, 0.4) is 0 Å². The summed E-state index contributed by atoms with van der Waals surface area (Å²) < 4.78 is 11.1. The molecular formula is C19H25NO3. The predicted molar refractivity (Wildman–Crippen MR) is 91.6 cm³/mol. The molecule has 23 heavy (non-hydrogen) atoms. The van der Waals surface area contributed by atoms with E-state index < -0.39 is 0 Å². The van der Waals surface area contributed by atoms with Crippen LogP contribution in [0.15, 0.2) is 30.5 Å². The number of hydrogen-bond acceptors (Lipinski definition) is 3. The summed E-state index contributed by atoms with van der Waals surface area (Å²) in [5, 5.41) is 0. The molecule has 1 heterocycles. The van der Waals surface area contributed by atoms with Crippen LogP contribution in [-0.4, -0.2) is 25.0 Å². The number of ketones is 1. The van der Waals surface area contributed by atoms with Crippen LogP contribution in [0.25, 0.3) is 0 Å². The van der Waals surface area contributed by atoms with Crippen molar-refractivity contribution in [2.75, 3.05) is 14.2 Å². The number of H-pyrrole nitrogens is 1. The molecule has 2 aromatic rings. The zero-order chi connectivity index (χ0) is 16.7. The van der Waals surface area contributed by atoms with Gasteiger partial charge < -0.3 is 14.5 Å². The van der Waals surface area contributed by atoms with E-state index >= 15 is 0 Å². The van der Waals surface area contributed by atoms with Crippen molar-refractivity contribution in [1.29, 1.82) is 0 Å². The van der Waals surface area contributed by atoms with Gasteiger partial charge in [-0.1, -0.05) is 26.2 Å². The highest BCUT2D eigenvalue weighted by Gasteiger charge is 2.21. The van der Waals surface area contributed by atoms with Crippen LogP contribution in [0.4, 0.5) is 0 Å². The number of rotatable bonds is 9. The number of unbranched alkanes of at least 4 members (excludes halogenated alkanes) is 3. The third-order valence-corrected chi connectivity index (χ3v) is 4.01. The fraction of sp³-hybridized carbons (Fsp3) is 0.421. The number of hydrogen-bond donors (Lipinski definition) is 1. The minimum absolute atomic E-state index is 0.0655. The lowest BCUT2D eigenvalue weighted by molar-refractivity contribution is 0.103. The molecular weight excluding hydrogens is 290 g/mol. The maximum atomic E-state index is 12.7. The first-order chi connectivity index (χ1) is 11.2. The van der Waals surface area contributed by atoms with Gasteiger partial charge in [0.05, 0.1) is 25.5 Å². The van der Waals surface area contributed by atoms with Gasteiger partial charge >= 0.3 is 0 Å². The number of aromatic nitrogens is 1. The van der Waals surface area contributed by atoms with E-state index in [1.165, 1.54) is 12.8 Å². The lowest BCUT2D eigenvalue weighted by Gasteiger charge is -2.16. The highest BCUT2D eigenvalue weighted by Crippen LogP contribution is 2.34. The Morgan fingerprint density at radius 2 is 1.91 bits per heavy atom. The first-order valence-electron chi connectivity index (χ1n) is 8.14. The van der Waals surface area contributed by atoms with Gasteiger partial charge in [0.15, 0.2) is 0 Å². The molecule has 0 atom stereocenters. The van der Waals surface area contributed by atoms with Crippen LogP contribution >= 0.6 is 0 Å². The van der Waals surface area contributed by atoms with Crippen LogP contribution in [-0.2, 0) is 6.42 Å². The van der Waals surface area contributed by atoms with E-state index in [1.54, 1.807) is 32.5 Å². The Balaban J connectivity index is 2.34. The Hall–Kier alpha value is -2.23. The molecule has 0 radical (unpaired) electrons. The lowest BCUT2D eigenvalue weighted by Crippen LogP contribution is -2.08. The molecule has 1 N–H and O–H groups in total. The number of ether oxygens (including phenoxy) is 2. The Bertz CT molecular complexity index is 632. The molecule has 0 unspecified atom stereocenters. The standard InChI is InChI=1S/C19H25NO3/c1-4-5-6-7-9-14-17(22-2)12-11-15(19(14)23-3)18(21)16-10-8-13-20-16/h8,10-13,20H,4-7,9H2,1-3H3. The molecule has 4 heteroatoms. The van der Waals surface area contributed by atoms with Crippen LogP contribution in [0.2, 0.25) is 0 Å². The smallest absolute Gasteiger partial charge is 0.212 e. The maximum absolute atomic E-state index is 12.7. The second kappa shape index (κ2) is 8.42. The molecule has 0 bridgehead atoms. The molecule has 4 nitrogen and oxygen atoms in total. The summed E-state index contributed by atoms with van der Waals surface area (Å²) in [6.07, 6.45) is 7.22. The molecule has 124 valence electrons. The van der Waals surface area contributed by atoms with Gasteiger partial charge in [-0.15, -0.1) is 0 Å². The first-order valence-corrected chi connectivity index (χ1v) is 8.14. The predicted octanol–water partition coefficient (Wildman–Crippen LogP) is 4.39.